The molecular formula is C15H20ClN3O3. The standard InChI is InChI=1S/C15H20ClN3O3/c1-2-18-14(20)11-5-3-9(16)7-12(11)19-15(21)13-6-4-10(8-17)22-13/h3,5,7,10,13H,2,4,6,8,17H2,1H3,(H,18,20)(H,19,21)/t10-,13+/m1/s1. The molecule has 6 nitrogen and oxygen atoms in total. The molecule has 0 spiro atoms. The Hall–Kier alpha value is -1.63. The third kappa shape index (κ3) is 3.97. The van der Waals surface area contributed by atoms with Crippen molar-refractivity contribution in [3.05, 3.63) is 28.8 Å². The summed E-state index contributed by atoms with van der Waals surface area (Å²) in [7, 11) is 0. The quantitative estimate of drug-likeness (QED) is 0.765. The lowest BCUT2D eigenvalue weighted by molar-refractivity contribution is -0.126. The van der Waals surface area contributed by atoms with Crippen molar-refractivity contribution in [2.24, 2.45) is 5.73 Å². The van der Waals surface area contributed by atoms with Crippen molar-refractivity contribution in [2.75, 3.05) is 18.4 Å². The molecule has 7 heteroatoms. The number of hydrogen-bond acceptors (Lipinski definition) is 4. The highest BCUT2D eigenvalue weighted by atomic mass is 35.5. The number of halogens is 1. The fourth-order valence-electron chi connectivity index (χ4n) is 2.36. The molecule has 0 aromatic heterocycles. The van der Waals surface area contributed by atoms with Crippen LogP contribution in [0.25, 0.3) is 0 Å². The molecule has 2 atom stereocenters. The van der Waals surface area contributed by atoms with Crippen LogP contribution in [-0.4, -0.2) is 37.1 Å². The largest absolute Gasteiger partial charge is 0.364 e. The van der Waals surface area contributed by atoms with Crippen LogP contribution in [0.15, 0.2) is 18.2 Å². The highest BCUT2D eigenvalue weighted by Crippen LogP contribution is 2.24. The van der Waals surface area contributed by atoms with E-state index >= 15 is 0 Å². The number of carbonyl (C=O) groups excluding carboxylic acids is 2. The van der Waals surface area contributed by atoms with E-state index in [0.29, 0.717) is 35.8 Å². The zero-order valence-corrected chi connectivity index (χ0v) is 13.2. The minimum Gasteiger partial charge on any atom is -0.364 e. The number of nitrogens with two attached hydrogens (primary N) is 1. The summed E-state index contributed by atoms with van der Waals surface area (Å²) in [6, 6.07) is 4.75. The first-order chi connectivity index (χ1) is 10.5. The van der Waals surface area contributed by atoms with Gasteiger partial charge in [-0.05, 0) is 38.0 Å². The normalized spacial score (nSPS) is 20.7. The first-order valence-corrected chi connectivity index (χ1v) is 7.67. The second-order valence-electron chi connectivity index (χ2n) is 5.10. The summed E-state index contributed by atoms with van der Waals surface area (Å²) in [6.45, 7) is 2.72. The van der Waals surface area contributed by atoms with Crippen molar-refractivity contribution in [2.45, 2.75) is 32.0 Å². The van der Waals surface area contributed by atoms with Gasteiger partial charge in [0.1, 0.15) is 6.10 Å². The van der Waals surface area contributed by atoms with Crippen molar-refractivity contribution >= 4 is 29.1 Å². The summed E-state index contributed by atoms with van der Waals surface area (Å²) in [4.78, 5) is 24.3. The van der Waals surface area contributed by atoms with E-state index in [-0.39, 0.29) is 17.9 Å². The predicted octanol–water partition coefficient (Wildman–Crippen LogP) is 1.53. The van der Waals surface area contributed by atoms with Gasteiger partial charge in [-0.15, -0.1) is 0 Å². The molecule has 4 N–H and O–H groups in total. The molecule has 1 aromatic carbocycles. The van der Waals surface area contributed by atoms with E-state index in [1.807, 2.05) is 6.92 Å². The second kappa shape index (κ2) is 7.58. The number of rotatable bonds is 5. The van der Waals surface area contributed by atoms with E-state index < -0.39 is 6.10 Å². The summed E-state index contributed by atoms with van der Waals surface area (Å²) in [5.41, 5.74) is 6.29. The van der Waals surface area contributed by atoms with Crippen molar-refractivity contribution < 1.29 is 14.3 Å². The minimum atomic E-state index is -0.547. The Balaban J connectivity index is 2.13. The lowest BCUT2D eigenvalue weighted by Gasteiger charge is -2.15. The summed E-state index contributed by atoms with van der Waals surface area (Å²) < 4.78 is 5.55. The molecule has 0 bridgehead atoms. The van der Waals surface area contributed by atoms with Gasteiger partial charge in [0.25, 0.3) is 11.8 Å². The highest BCUT2D eigenvalue weighted by Gasteiger charge is 2.30. The number of hydrogen-bond donors (Lipinski definition) is 3. The Morgan fingerprint density at radius 3 is 2.82 bits per heavy atom. The Morgan fingerprint density at radius 1 is 1.41 bits per heavy atom. The Kier molecular flexibility index (Phi) is 5.76. The van der Waals surface area contributed by atoms with E-state index in [2.05, 4.69) is 10.6 Å². The molecule has 120 valence electrons. The van der Waals surface area contributed by atoms with Crippen LogP contribution in [0.1, 0.15) is 30.1 Å². The number of nitrogens with one attached hydrogen (secondary N) is 2. The fourth-order valence-corrected chi connectivity index (χ4v) is 2.53. The van der Waals surface area contributed by atoms with Crippen LogP contribution < -0.4 is 16.4 Å². The van der Waals surface area contributed by atoms with E-state index in [0.717, 1.165) is 6.42 Å². The first-order valence-electron chi connectivity index (χ1n) is 7.29. The zero-order valence-electron chi connectivity index (χ0n) is 12.4. The van der Waals surface area contributed by atoms with Crippen LogP contribution in [0.5, 0.6) is 0 Å². The van der Waals surface area contributed by atoms with Gasteiger partial charge < -0.3 is 21.1 Å². The highest BCUT2D eigenvalue weighted by molar-refractivity contribution is 6.31. The summed E-state index contributed by atoms with van der Waals surface area (Å²) >= 11 is 5.96. The molecule has 1 heterocycles. The van der Waals surface area contributed by atoms with Crippen LogP contribution in [0.3, 0.4) is 0 Å². The third-order valence-electron chi connectivity index (χ3n) is 3.48. The predicted molar refractivity (Wildman–Crippen MR) is 85.0 cm³/mol. The van der Waals surface area contributed by atoms with Crippen molar-refractivity contribution in [3.63, 3.8) is 0 Å². The topological polar surface area (TPSA) is 93.5 Å². The first kappa shape index (κ1) is 16.7. The lowest BCUT2D eigenvalue weighted by atomic mass is 10.1. The molecule has 0 unspecified atom stereocenters. The number of ether oxygens (including phenoxy) is 1. The second-order valence-corrected chi connectivity index (χ2v) is 5.53. The summed E-state index contributed by atoms with van der Waals surface area (Å²) in [6.07, 6.45) is 0.741. The number of anilines is 1. The van der Waals surface area contributed by atoms with Crippen LogP contribution >= 0.6 is 11.6 Å². The molecule has 22 heavy (non-hydrogen) atoms. The molecule has 1 aliphatic rings. The van der Waals surface area contributed by atoms with Gasteiger partial charge in [-0.25, -0.2) is 0 Å². The van der Waals surface area contributed by atoms with Crippen LogP contribution in [0, 0.1) is 0 Å². The van der Waals surface area contributed by atoms with Crippen molar-refractivity contribution in [3.8, 4) is 0 Å². The monoisotopic (exact) mass is 325 g/mol. The number of carbonyl (C=O) groups is 2. The molecular weight excluding hydrogens is 306 g/mol. The van der Waals surface area contributed by atoms with Crippen LogP contribution in [0.4, 0.5) is 5.69 Å². The maximum Gasteiger partial charge on any atom is 0.253 e. The average molecular weight is 326 g/mol. The van der Waals surface area contributed by atoms with Gasteiger partial charge in [0.15, 0.2) is 0 Å². The molecule has 1 fully saturated rings. The van der Waals surface area contributed by atoms with E-state index in [1.54, 1.807) is 18.2 Å². The van der Waals surface area contributed by atoms with Crippen LogP contribution in [0.2, 0.25) is 5.02 Å². The zero-order chi connectivity index (χ0) is 16.1. The van der Waals surface area contributed by atoms with Gasteiger partial charge >= 0.3 is 0 Å². The molecule has 0 aliphatic carbocycles. The maximum absolute atomic E-state index is 12.3. The van der Waals surface area contributed by atoms with E-state index in [1.165, 1.54) is 0 Å². The van der Waals surface area contributed by atoms with Gasteiger partial charge in [-0.3, -0.25) is 9.59 Å². The van der Waals surface area contributed by atoms with Gasteiger partial charge in [0.2, 0.25) is 0 Å². The molecule has 1 aliphatic heterocycles. The minimum absolute atomic E-state index is 0.0852. The maximum atomic E-state index is 12.3. The number of amides is 2. The molecule has 0 radical (unpaired) electrons. The van der Waals surface area contributed by atoms with Gasteiger partial charge in [0.05, 0.1) is 17.4 Å². The summed E-state index contributed by atoms with van der Waals surface area (Å²) in [5, 5.41) is 5.87. The Labute approximate surface area is 134 Å². The summed E-state index contributed by atoms with van der Waals surface area (Å²) in [5.74, 6) is -0.551. The van der Waals surface area contributed by atoms with Crippen molar-refractivity contribution in [1.29, 1.82) is 0 Å². The smallest absolute Gasteiger partial charge is 0.253 e. The fraction of sp³-hybridized carbons (Fsp3) is 0.467. The van der Waals surface area contributed by atoms with Crippen LogP contribution in [-0.2, 0) is 9.53 Å². The molecule has 2 rings (SSSR count). The van der Waals surface area contributed by atoms with Gasteiger partial charge in [0, 0.05) is 18.1 Å². The molecule has 1 aromatic rings. The average Bonchev–Trinajstić information content (AvgIpc) is 2.96. The SMILES string of the molecule is CCNC(=O)c1ccc(Cl)cc1NC(=O)[C@@H]1CC[C@H](CN)O1. The Bertz CT molecular complexity index is 565. The van der Waals surface area contributed by atoms with Gasteiger partial charge in [-0.1, -0.05) is 11.6 Å². The molecule has 0 saturated carbocycles. The third-order valence-corrected chi connectivity index (χ3v) is 3.72. The molecule has 1 saturated heterocycles. The van der Waals surface area contributed by atoms with E-state index in [9.17, 15) is 9.59 Å². The van der Waals surface area contributed by atoms with Gasteiger partial charge in [-0.2, -0.15) is 0 Å². The van der Waals surface area contributed by atoms with E-state index in [4.69, 9.17) is 22.1 Å². The molecule has 2 amide bonds. The number of benzene rings is 1. The lowest BCUT2D eigenvalue weighted by Crippen LogP contribution is -2.31. The Morgan fingerprint density at radius 2 is 2.18 bits per heavy atom. The van der Waals surface area contributed by atoms with Crippen molar-refractivity contribution in [1.82, 2.24) is 5.32 Å².